The van der Waals surface area contributed by atoms with Gasteiger partial charge in [0.05, 0.1) is 5.41 Å². The Hall–Kier alpha value is -2.89. The molecule has 1 aliphatic carbocycles. The number of rotatable bonds is 3. The van der Waals surface area contributed by atoms with Gasteiger partial charge in [0.2, 0.25) is 5.91 Å². The molecule has 4 rings (SSSR count). The third kappa shape index (κ3) is 3.52. The van der Waals surface area contributed by atoms with Crippen LogP contribution in [0.4, 0.5) is 14.9 Å². The molecule has 0 aromatic heterocycles. The van der Waals surface area contributed by atoms with Crippen LogP contribution in [-0.2, 0) is 10.2 Å². The van der Waals surface area contributed by atoms with Crippen LogP contribution in [0.3, 0.4) is 0 Å². The highest BCUT2D eigenvalue weighted by atomic mass is 19.1. The third-order valence-corrected chi connectivity index (χ3v) is 5.44. The van der Waals surface area contributed by atoms with Crippen LogP contribution in [0.25, 0.3) is 0 Å². The first-order chi connectivity index (χ1) is 13.1. The summed E-state index contributed by atoms with van der Waals surface area (Å²) in [7, 11) is 0. The van der Waals surface area contributed by atoms with Crippen molar-refractivity contribution in [2.45, 2.75) is 18.3 Å². The van der Waals surface area contributed by atoms with Gasteiger partial charge in [-0.05, 0) is 42.7 Å². The normalized spacial score (nSPS) is 18.1. The summed E-state index contributed by atoms with van der Waals surface area (Å²) >= 11 is 0. The second kappa shape index (κ2) is 7.02. The van der Waals surface area contributed by atoms with Gasteiger partial charge in [0.15, 0.2) is 0 Å². The number of benzene rings is 2. The monoisotopic (exact) mass is 367 g/mol. The molecular formula is C21H22FN3O2. The van der Waals surface area contributed by atoms with E-state index >= 15 is 0 Å². The van der Waals surface area contributed by atoms with Crippen molar-refractivity contribution in [3.8, 4) is 0 Å². The number of nitrogens with one attached hydrogen (secondary N) is 1. The molecule has 2 aromatic rings. The van der Waals surface area contributed by atoms with Crippen molar-refractivity contribution in [3.63, 3.8) is 0 Å². The molecule has 0 radical (unpaired) electrons. The van der Waals surface area contributed by atoms with Gasteiger partial charge < -0.3 is 15.1 Å². The van der Waals surface area contributed by atoms with E-state index in [9.17, 15) is 14.0 Å². The topological polar surface area (TPSA) is 52.7 Å². The van der Waals surface area contributed by atoms with E-state index < -0.39 is 0 Å². The van der Waals surface area contributed by atoms with Crippen molar-refractivity contribution >= 4 is 17.6 Å². The van der Waals surface area contributed by atoms with Gasteiger partial charge in [-0.1, -0.05) is 30.3 Å². The maximum atomic E-state index is 13.1. The largest absolute Gasteiger partial charge is 0.338 e. The maximum absolute atomic E-state index is 13.1. The highest BCUT2D eigenvalue weighted by Crippen LogP contribution is 2.49. The first kappa shape index (κ1) is 17.5. The van der Waals surface area contributed by atoms with Crippen molar-refractivity contribution in [1.82, 2.24) is 9.80 Å². The van der Waals surface area contributed by atoms with Crippen LogP contribution < -0.4 is 5.32 Å². The highest BCUT2D eigenvalue weighted by Gasteiger charge is 2.53. The van der Waals surface area contributed by atoms with Crippen molar-refractivity contribution in [2.24, 2.45) is 0 Å². The minimum Gasteiger partial charge on any atom is -0.338 e. The molecule has 1 N–H and O–H groups in total. The molecule has 27 heavy (non-hydrogen) atoms. The molecule has 2 fully saturated rings. The van der Waals surface area contributed by atoms with E-state index in [0.29, 0.717) is 31.9 Å². The van der Waals surface area contributed by atoms with Gasteiger partial charge in [-0.3, -0.25) is 4.79 Å². The summed E-state index contributed by atoms with van der Waals surface area (Å²) in [5.41, 5.74) is 1.28. The number of urea groups is 1. The Kier molecular flexibility index (Phi) is 4.56. The van der Waals surface area contributed by atoms with Gasteiger partial charge >= 0.3 is 6.03 Å². The Bertz CT molecular complexity index is 826. The van der Waals surface area contributed by atoms with E-state index in [-0.39, 0.29) is 23.2 Å². The lowest BCUT2D eigenvalue weighted by molar-refractivity contribution is -0.135. The number of hydrogen-bond donors (Lipinski definition) is 1. The fraction of sp³-hybridized carbons (Fsp3) is 0.333. The van der Waals surface area contributed by atoms with E-state index in [4.69, 9.17) is 0 Å². The van der Waals surface area contributed by atoms with Crippen LogP contribution in [0, 0.1) is 5.82 Å². The third-order valence-electron chi connectivity index (χ3n) is 5.44. The van der Waals surface area contributed by atoms with Crippen LogP contribution in [0.5, 0.6) is 0 Å². The maximum Gasteiger partial charge on any atom is 0.321 e. The Balaban J connectivity index is 1.34. The van der Waals surface area contributed by atoms with E-state index in [1.807, 2.05) is 35.2 Å². The Labute approximate surface area is 157 Å². The van der Waals surface area contributed by atoms with E-state index in [1.54, 1.807) is 4.90 Å². The molecule has 2 aliphatic rings. The SMILES string of the molecule is O=C(Nc1ccc(F)cc1)N1CCN(C(=O)C2(c3ccccc3)CC2)CC1. The first-order valence-corrected chi connectivity index (χ1v) is 9.25. The number of anilines is 1. The van der Waals surface area contributed by atoms with Gasteiger partial charge in [0, 0.05) is 31.9 Å². The molecule has 0 bridgehead atoms. The summed E-state index contributed by atoms with van der Waals surface area (Å²) in [5, 5.41) is 2.77. The van der Waals surface area contributed by atoms with Crippen molar-refractivity contribution in [1.29, 1.82) is 0 Å². The second-order valence-corrected chi connectivity index (χ2v) is 7.16. The summed E-state index contributed by atoms with van der Waals surface area (Å²) < 4.78 is 13.0. The molecule has 1 heterocycles. The van der Waals surface area contributed by atoms with E-state index in [0.717, 1.165) is 18.4 Å². The van der Waals surface area contributed by atoms with E-state index in [2.05, 4.69) is 5.32 Å². The molecular weight excluding hydrogens is 345 g/mol. The van der Waals surface area contributed by atoms with Crippen LogP contribution >= 0.6 is 0 Å². The minimum absolute atomic E-state index is 0.173. The zero-order valence-corrected chi connectivity index (χ0v) is 15.0. The number of carbonyl (C=O) groups is 2. The molecule has 3 amide bonds. The smallest absolute Gasteiger partial charge is 0.321 e. The van der Waals surface area contributed by atoms with Crippen LogP contribution in [0.15, 0.2) is 54.6 Å². The van der Waals surface area contributed by atoms with Crippen molar-refractivity contribution in [3.05, 3.63) is 66.0 Å². The van der Waals surface area contributed by atoms with Crippen LogP contribution in [0.2, 0.25) is 0 Å². The van der Waals surface area contributed by atoms with E-state index in [1.165, 1.54) is 24.3 Å². The van der Waals surface area contributed by atoms with Crippen molar-refractivity contribution < 1.29 is 14.0 Å². The second-order valence-electron chi connectivity index (χ2n) is 7.16. The summed E-state index contributed by atoms with van der Waals surface area (Å²) in [6.45, 7) is 2.04. The molecule has 2 aromatic carbocycles. The predicted molar refractivity (Wildman–Crippen MR) is 101 cm³/mol. The molecule has 0 unspecified atom stereocenters. The fourth-order valence-corrected chi connectivity index (χ4v) is 3.66. The number of hydrogen-bond acceptors (Lipinski definition) is 2. The summed E-state index contributed by atoms with van der Waals surface area (Å²) in [5.74, 6) is -0.167. The van der Waals surface area contributed by atoms with Crippen LogP contribution in [0.1, 0.15) is 18.4 Å². The summed E-state index contributed by atoms with van der Waals surface area (Å²) in [6.07, 6.45) is 1.78. The van der Waals surface area contributed by atoms with Gasteiger partial charge in [0.25, 0.3) is 0 Å². The highest BCUT2D eigenvalue weighted by molar-refractivity contribution is 5.92. The summed E-state index contributed by atoms with van der Waals surface area (Å²) in [4.78, 5) is 29.0. The number of piperazine rings is 1. The molecule has 1 saturated heterocycles. The zero-order valence-electron chi connectivity index (χ0n) is 15.0. The molecule has 1 aliphatic heterocycles. The molecule has 0 spiro atoms. The molecule has 6 heteroatoms. The van der Waals surface area contributed by atoms with Gasteiger partial charge in [-0.2, -0.15) is 0 Å². The lowest BCUT2D eigenvalue weighted by Gasteiger charge is -2.36. The molecule has 1 saturated carbocycles. The lowest BCUT2D eigenvalue weighted by atomic mass is 9.94. The molecule has 5 nitrogen and oxygen atoms in total. The summed E-state index contributed by atoms with van der Waals surface area (Å²) in [6, 6.07) is 15.4. The van der Waals surface area contributed by atoms with Gasteiger partial charge in [-0.25, -0.2) is 9.18 Å². The Morgan fingerprint density at radius 1 is 0.852 bits per heavy atom. The predicted octanol–water partition coefficient (Wildman–Crippen LogP) is 3.23. The molecule has 0 atom stereocenters. The standard InChI is InChI=1S/C21H22FN3O2/c22-17-6-8-18(9-7-17)23-20(27)25-14-12-24(13-15-25)19(26)21(10-11-21)16-4-2-1-3-5-16/h1-9H,10-15H2,(H,23,27). The van der Waals surface area contributed by atoms with Crippen LogP contribution in [-0.4, -0.2) is 47.9 Å². The average Bonchev–Trinajstić information content (AvgIpc) is 3.52. The average molecular weight is 367 g/mol. The number of carbonyl (C=O) groups excluding carboxylic acids is 2. The lowest BCUT2D eigenvalue weighted by Crippen LogP contribution is -2.53. The van der Waals surface area contributed by atoms with Crippen molar-refractivity contribution in [2.75, 3.05) is 31.5 Å². The molecule has 140 valence electrons. The van der Waals surface area contributed by atoms with Gasteiger partial charge in [-0.15, -0.1) is 0 Å². The Morgan fingerprint density at radius 2 is 1.44 bits per heavy atom. The van der Waals surface area contributed by atoms with Gasteiger partial charge in [0.1, 0.15) is 5.82 Å². The first-order valence-electron chi connectivity index (χ1n) is 9.25. The Morgan fingerprint density at radius 3 is 2.04 bits per heavy atom. The zero-order chi connectivity index (χ0) is 18.9. The minimum atomic E-state index is -0.361. The number of amides is 3. The number of halogens is 1. The fourth-order valence-electron chi connectivity index (χ4n) is 3.66. The number of nitrogens with zero attached hydrogens (tertiary/aromatic N) is 2. The quantitative estimate of drug-likeness (QED) is 0.906.